The van der Waals surface area contributed by atoms with E-state index < -0.39 is 11.9 Å². The van der Waals surface area contributed by atoms with Crippen LogP contribution in [0.5, 0.6) is 5.75 Å². The van der Waals surface area contributed by atoms with Gasteiger partial charge in [0.05, 0.1) is 24.8 Å². The molecule has 0 saturated carbocycles. The first-order chi connectivity index (χ1) is 14.8. The van der Waals surface area contributed by atoms with Crippen LogP contribution in [0.15, 0.2) is 41.3 Å². The minimum absolute atomic E-state index is 0.221. The maximum absolute atomic E-state index is 12.9. The molecule has 2 atom stereocenters. The van der Waals surface area contributed by atoms with Crippen molar-refractivity contribution in [2.75, 3.05) is 13.2 Å². The lowest BCUT2D eigenvalue weighted by Crippen LogP contribution is -2.51. The minimum atomic E-state index is -0.749. The lowest BCUT2D eigenvalue weighted by molar-refractivity contribution is -0.124. The van der Waals surface area contributed by atoms with Gasteiger partial charge in [0, 0.05) is 37.1 Å². The Morgan fingerprint density at radius 2 is 1.97 bits per heavy atom. The van der Waals surface area contributed by atoms with Crippen molar-refractivity contribution in [2.24, 2.45) is 0 Å². The summed E-state index contributed by atoms with van der Waals surface area (Å²) in [5, 5.41) is 5.79. The summed E-state index contributed by atoms with van der Waals surface area (Å²) in [6.07, 6.45) is 3.52. The number of aromatic amines is 1. The summed E-state index contributed by atoms with van der Waals surface area (Å²) in [6.45, 7) is 4.91. The maximum atomic E-state index is 12.9. The Morgan fingerprint density at radius 3 is 2.68 bits per heavy atom. The van der Waals surface area contributed by atoms with Crippen LogP contribution in [-0.2, 0) is 9.53 Å². The molecule has 2 aliphatic rings. The summed E-state index contributed by atoms with van der Waals surface area (Å²) >= 11 is 0. The largest absolute Gasteiger partial charge is 0.487 e. The molecular formula is C23H27N3O5. The average Bonchev–Trinajstić information content (AvgIpc) is 2.75. The highest BCUT2D eigenvalue weighted by atomic mass is 16.5. The Balaban J connectivity index is 1.49. The van der Waals surface area contributed by atoms with E-state index >= 15 is 0 Å². The molecule has 8 nitrogen and oxygen atoms in total. The van der Waals surface area contributed by atoms with Crippen molar-refractivity contribution < 1.29 is 19.1 Å². The molecular weight excluding hydrogens is 398 g/mol. The fraction of sp³-hybridized carbons (Fsp3) is 0.435. The van der Waals surface area contributed by atoms with Crippen molar-refractivity contribution in [1.29, 1.82) is 0 Å². The summed E-state index contributed by atoms with van der Waals surface area (Å²) in [5.74, 6) is 0.0799. The molecule has 3 N–H and O–H groups in total. The first-order valence-electron chi connectivity index (χ1n) is 10.5. The molecule has 0 radical (unpaired) electrons. The number of rotatable bonds is 4. The van der Waals surface area contributed by atoms with Crippen molar-refractivity contribution >= 4 is 11.8 Å². The van der Waals surface area contributed by atoms with Crippen LogP contribution in [0.3, 0.4) is 0 Å². The summed E-state index contributed by atoms with van der Waals surface area (Å²) in [7, 11) is 0. The molecule has 0 aliphatic carbocycles. The van der Waals surface area contributed by atoms with Crippen molar-refractivity contribution in [3.63, 3.8) is 0 Å². The zero-order chi connectivity index (χ0) is 22.0. The second kappa shape index (κ2) is 8.55. The van der Waals surface area contributed by atoms with E-state index in [2.05, 4.69) is 15.6 Å². The molecule has 1 saturated heterocycles. The van der Waals surface area contributed by atoms with Gasteiger partial charge >= 0.3 is 0 Å². The number of amides is 2. The number of aromatic nitrogens is 1. The molecule has 31 heavy (non-hydrogen) atoms. The number of carbonyl (C=O) groups is 2. The van der Waals surface area contributed by atoms with E-state index in [-0.39, 0.29) is 28.7 Å². The average molecular weight is 425 g/mol. The van der Waals surface area contributed by atoms with Crippen LogP contribution in [0.2, 0.25) is 0 Å². The minimum Gasteiger partial charge on any atom is -0.487 e. The molecule has 1 spiro atoms. The van der Waals surface area contributed by atoms with Crippen molar-refractivity contribution in [3.05, 3.63) is 63.6 Å². The third-order valence-corrected chi connectivity index (χ3v) is 5.95. The van der Waals surface area contributed by atoms with Gasteiger partial charge in [0.1, 0.15) is 17.4 Å². The van der Waals surface area contributed by atoms with Crippen LogP contribution >= 0.6 is 0 Å². The highest BCUT2D eigenvalue weighted by Crippen LogP contribution is 2.44. The number of nitrogens with one attached hydrogen (secondary N) is 3. The molecule has 2 aliphatic heterocycles. The first kappa shape index (κ1) is 21.1. The Morgan fingerprint density at radius 1 is 1.19 bits per heavy atom. The van der Waals surface area contributed by atoms with Crippen molar-refractivity contribution in [1.82, 2.24) is 15.6 Å². The molecule has 2 aromatic rings. The highest BCUT2D eigenvalue weighted by molar-refractivity contribution is 5.97. The summed E-state index contributed by atoms with van der Waals surface area (Å²) < 4.78 is 11.9. The third kappa shape index (κ3) is 4.64. The fourth-order valence-corrected chi connectivity index (χ4v) is 4.16. The molecule has 1 aromatic heterocycles. The van der Waals surface area contributed by atoms with Crippen molar-refractivity contribution in [2.45, 2.75) is 50.8 Å². The van der Waals surface area contributed by atoms with Gasteiger partial charge in [-0.25, -0.2) is 0 Å². The van der Waals surface area contributed by atoms with Gasteiger partial charge in [-0.15, -0.1) is 0 Å². The number of carbonyl (C=O) groups excluding carboxylic acids is 2. The van der Waals surface area contributed by atoms with Crippen LogP contribution in [0.1, 0.15) is 53.7 Å². The Hall–Kier alpha value is -3.13. The number of fused-ring (bicyclic) bond motifs is 1. The topological polar surface area (TPSA) is 110 Å². The van der Waals surface area contributed by atoms with Gasteiger partial charge in [-0.1, -0.05) is 17.7 Å². The van der Waals surface area contributed by atoms with Gasteiger partial charge in [0.25, 0.3) is 5.91 Å². The predicted octanol–water partition coefficient (Wildman–Crippen LogP) is 1.99. The lowest BCUT2D eigenvalue weighted by Gasteiger charge is -2.44. The maximum Gasteiger partial charge on any atom is 0.253 e. The Bertz CT molecular complexity index is 1020. The Kier molecular flexibility index (Phi) is 5.82. The molecule has 164 valence electrons. The highest BCUT2D eigenvalue weighted by Gasteiger charge is 2.43. The molecule has 3 heterocycles. The van der Waals surface area contributed by atoms with Crippen LogP contribution in [0, 0.1) is 6.92 Å². The van der Waals surface area contributed by atoms with Gasteiger partial charge in [-0.2, -0.15) is 0 Å². The summed E-state index contributed by atoms with van der Waals surface area (Å²) in [6, 6.07) is 7.73. The first-order valence-corrected chi connectivity index (χ1v) is 10.5. The van der Waals surface area contributed by atoms with E-state index in [9.17, 15) is 14.4 Å². The van der Waals surface area contributed by atoms with Crippen LogP contribution in [0.25, 0.3) is 0 Å². The summed E-state index contributed by atoms with van der Waals surface area (Å²) in [5.41, 5.74) is 1.67. The second-order valence-electron chi connectivity index (χ2n) is 8.34. The monoisotopic (exact) mass is 425 g/mol. The van der Waals surface area contributed by atoms with Gasteiger partial charge < -0.3 is 25.1 Å². The number of hydrogen-bond acceptors (Lipinski definition) is 5. The lowest BCUT2D eigenvalue weighted by atomic mass is 9.81. The number of aryl methyl sites for hydroxylation is 1. The number of H-pyrrole nitrogens is 1. The number of pyridine rings is 1. The predicted molar refractivity (Wildman–Crippen MR) is 114 cm³/mol. The zero-order valence-corrected chi connectivity index (χ0v) is 17.7. The van der Waals surface area contributed by atoms with Crippen LogP contribution in [0.4, 0.5) is 0 Å². The van der Waals surface area contributed by atoms with Crippen molar-refractivity contribution in [3.8, 4) is 5.75 Å². The van der Waals surface area contributed by atoms with Gasteiger partial charge in [-0.05, 0) is 26.0 Å². The molecule has 8 heteroatoms. The Labute approximate surface area is 180 Å². The van der Waals surface area contributed by atoms with E-state index in [0.717, 1.165) is 29.7 Å². The zero-order valence-electron chi connectivity index (χ0n) is 17.7. The fourth-order valence-electron chi connectivity index (χ4n) is 4.16. The number of ether oxygens (including phenoxy) is 2. The van der Waals surface area contributed by atoms with Gasteiger partial charge in [-0.3, -0.25) is 14.4 Å². The smallest absolute Gasteiger partial charge is 0.253 e. The quantitative estimate of drug-likeness (QED) is 0.694. The SMILES string of the molecule is Cc1ccc2c(c1)C(NC(=O)C(C)NC(=O)c1ccc(=O)[nH]c1)CC1(CCOCC1)O2. The number of benzene rings is 1. The van der Waals surface area contributed by atoms with Crippen LogP contribution < -0.4 is 20.9 Å². The molecule has 1 aromatic carbocycles. The molecule has 2 amide bonds. The normalized spacial score (nSPS) is 20.3. The molecule has 0 bridgehead atoms. The van der Waals surface area contributed by atoms with E-state index in [1.54, 1.807) is 6.92 Å². The molecule has 1 fully saturated rings. The third-order valence-electron chi connectivity index (χ3n) is 5.95. The second-order valence-corrected chi connectivity index (χ2v) is 8.34. The van der Waals surface area contributed by atoms with Gasteiger partial charge in [0.2, 0.25) is 11.5 Å². The summed E-state index contributed by atoms with van der Waals surface area (Å²) in [4.78, 5) is 39.0. The molecule has 2 unspecified atom stereocenters. The van der Waals surface area contributed by atoms with E-state index in [0.29, 0.717) is 19.6 Å². The van der Waals surface area contributed by atoms with E-state index in [1.807, 2.05) is 25.1 Å². The van der Waals surface area contributed by atoms with E-state index in [1.165, 1.54) is 18.3 Å². The van der Waals surface area contributed by atoms with Crippen LogP contribution in [-0.4, -0.2) is 41.7 Å². The van der Waals surface area contributed by atoms with Gasteiger partial charge in [0.15, 0.2) is 0 Å². The standard InChI is InChI=1S/C23H27N3O5/c1-14-3-5-19-17(11-14)18(12-23(31-19)7-9-30-10-8-23)26-21(28)15(2)25-22(29)16-4-6-20(27)24-13-16/h3-6,11,13,15,18H,7-10,12H2,1-2H3,(H,24,27)(H,25,29)(H,26,28). The van der Waals surface area contributed by atoms with E-state index in [4.69, 9.17) is 9.47 Å². The molecule has 4 rings (SSSR count). The number of hydrogen-bond donors (Lipinski definition) is 3.